The molecule has 1 N–H and O–H groups in total. The third kappa shape index (κ3) is 2.81. The molecule has 0 amide bonds. The highest BCUT2D eigenvalue weighted by Gasteiger charge is 2.08. The fourth-order valence-corrected chi connectivity index (χ4v) is 1.80. The number of ether oxygens (including phenoxy) is 2. The van der Waals surface area contributed by atoms with E-state index in [0.29, 0.717) is 11.7 Å². The highest BCUT2D eigenvalue weighted by atomic mass is 16.5. The summed E-state index contributed by atoms with van der Waals surface area (Å²) in [5.74, 6) is 0.965. The first-order valence-corrected chi connectivity index (χ1v) is 6.29. The zero-order valence-corrected chi connectivity index (χ0v) is 11.6. The molecule has 0 bridgehead atoms. The average Bonchev–Trinajstić information content (AvgIpc) is 2.54. The number of pyridine rings is 1. The minimum Gasteiger partial charge on any atom is -0.467 e. The van der Waals surface area contributed by atoms with Gasteiger partial charge in [0.25, 0.3) is 0 Å². The van der Waals surface area contributed by atoms with Crippen LogP contribution < -0.4 is 14.8 Å². The minimum absolute atomic E-state index is 0.154. The minimum atomic E-state index is 0.154. The molecule has 21 heavy (non-hydrogen) atoms. The topological polar surface area (TPSA) is 82.1 Å². The molecule has 3 aromatic rings. The molecule has 0 saturated heterocycles. The number of methoxy groups -OCH3 is 1. The highest BCUT2D eigenvalue weighted by molar-refractivity contribution is 5.79. The van der Waals surface area contributed by atoms with E-state index in [9.17, 15) is 0 Å². The van der Waals surface area contributed by atoms with Crippen LogP contribution in [0.3, 0.4) is 0 Å². The van der Waals surface area contributed by atoms with Gasteiger partial charge in [-0.3, -0.25) is 4.98 Å². The van der Waals surface area contributed by atoms with Crippen molar-refractivity contribution in [1.29, 1.82) is 0 Å². The molecule has 0 aliphatic rings. The zero-order valence-electron chi connectivity index (χ0n) is 11.6. The van der Waals surface area contributed by atoms with Gasteiger partial charge in [-0.25, -0.2) is 0 Å². The maximum Gasteiger partial charge on any atom is 0.330 e. The van der Waals surface area contributed by atoms with Crippen LogP contribution in [0, 0.1) is 0 Å². The summed E-state index contributed by atoms with van der Waals surface area (Å²) in [5.41, 5.74) is 0.838. The summed E-state index contributed by atoms with van der Waals surface area (Å²) in [4.78, 5) is 16.5. The maximum absolute atomic E-state index is 5.65. The molecule has 0 aliphatic carbocycles. The Labute approximate surface area is 121 Å². The normalized spacial score (nSPS) is 10.4. The van der Waals surface area contributed by atoms with Gasteiger partial charge in [0.05, 0.1) is 12.6 Å². The number of rotatable bonds is 4. The fourth-order valence-electron chi connectivity index (χ4n) is 1.80. The van der Waals surface area contributed by atoms with Gasteiger partial charge in [0.2, 0.25) is 5.95 Å². The lowest BCUT2D eigenvalue weighted by Crippen LogP contribution is -2.03. The van der Waals surface area contributed by atoms with Crippen LogP contribution in [0.2, 0.25) is 0 Å². The highest BCUT2D eigenvalue weighted by Crippen LogP contribution is 2.23. The van der Waals surface area contributed by atoms with Crippen LogP contribution in [-0.4, -0.2) is 34.1 Å². The zero-order chi connectivity index (χ0) is 14.7. The molecular weight excluding hydrogens is 270 g/mol. The molecule has 2 heterocycles. The monoisotopic (exact) mass is 283 g/mol. The molecular formula is C14H13N5O2. The Morgan fingerprint density at radius 3 is 2.71 bits per heavy atom. The average molecular weight is 283 g/mol. The molecule has 3 rings (SSSR count). The number of hydrogen-bond donors (Lipinski definition) is 1. The first kappa shape index (κ1) is 13.0. The van der Waals surface area contributed by atoms with Gasteiger partial charge in [-0.15, -0.1) is 4.98 Å². The summed E-state index contributed by atoms with van der Waals surface area (Å²) in [6, 6.07) is 9.79. The predicted octanol–water partition coefficient (Wildman–Crippen LogP) is 2.26. The van der Waals surface area contributed by atoms with E-state index in [0.717, 1.165) is 10.9 Å². The van der Waals surface area contributed by atoms with Gasteiger partial charge in [0.1, 0.15) is 5.75 Å². The van der Waals surface area contributed by atoms with E-state index in [1.54, 1.807) is 13.2 Å². The number of nitrogens with one attached hydrogen (secondary N) is 1. The van der Waals surface area contributed by atoms with Crippen molar-refractivity contribution in [3.63, 3.8) is 0 Å². The van der Waals surface area contributed by atoms with Crippen LogP contribution in [0.5, 0.6) is 17.8 Å². The number of aromatic nitrogens is 4. The predicted molar refractivity (Wildman–Crippen MR) is 77.7 cm³/mol. The summed E-state index contributed by atoms with van der Waals surface area (Å²) in [6.07, 6.45) is 1.73. The summed E-state index contributed by atoms with van der Waals surface area (Å²) >= 11 is 0. The van der Waals surface area contributed by atoms with Gasteiger partial charge in [0, 0.05) is 24.7 Å². The molecule has 0 atom stereocenters. The molecule has 7 nitrogen and oxygen atoms in total. The first-order valence-electron chi connectivity index (χ1n) is 6.29. The Morgan fingerprint density at radius 1 is 1.05 bits per heavy atom. The quantitative estimate of drug-likeness (QED) is 0.786. The Kier molecular flexibility index (Phi) is 3.46. The molecule has 0 unspecified atom stereocenters. The fraction of sp³-hybridized carbons (Fsp3) is 0.143. The van der Waals surface area contributed by atoms with Crippen LogP contribution in [0.1, 0.15) is 0 Å². The molecule has 0 fully saturated rings. The van der Waals surface area contributed by atoms with E-state index < -0.39 is 0 Å². The number of benzene rings is 1. The van der Waals surface area contributed by atoms with Crippen molar-refractivity contribution in [3.8, 4) is 17.8 Å². The van der Waals surface area contributed by atoms with Gasteiger partial charge in [-0.1, -0.05) is 6.07 Å². The summed E-state index contributed by atoms with van der Waals surface area (Å²) in [6.45, 7) is 0. The lowest BCUT2D eigenvalue weighted by atomic mass is 10.2. The van der Waals surface area contributed by atoms with Gasteiger partial charge in [-0.05, 0) is 18.2 Å². The van der Waals surface area contributed by atoms with Crippen LogP contribution in [0.25, 0.3) is 10.9 Å². The molecule has 0 spiro atoms. The Hall–Kier alpha value is -2.96. The van der Waals surface area contributed by atoms with Crippen molar-refractivity contribution in [2.75, 3.05) is 19.5 Å². The van der Waals surface area contributed by atoms with Crippen LogP contribution in [-0.2, 0) is 0 Å². The second kappa shape index (κ2) is 5.58. The lowest BCUT2D eigenvalue weighted by molar-refractivity contribution is 0.360. The van der Waals surface area contributed by atoms with E-state index in [1.165, 1.54) is 7.11 Å². The van der Waals surface area contributed by atoms with Crippen molar-refractivity contribution >= 4 is 16.9 Å². The molecule has 1 aromatic carbocycles. The van der Waals surface area contributed by atoms with Crippen molar-refractivity contribution < 1.29 is 9.47 Å². The standard InChI is InChI=1S/C14H13N5O2/c1-15-12-17-13(20-2)19-14(18-12)21-10-6-5-9-4-3-7-16-11(9)8-10/h3-8H,1-2H3,(H,15,17,18,19). The van der Waals surface area contributed by atoms with Crippen molar-refractivity contribution in [1.82, 2.24) is 19.9 Å². The second-order valence-corrected chi connectivity index (χ2v) is 4.14. The van der Waals surface area contributed by atoms with Gasteiger partial charge >= 0.3 is 12.0 Å². The van der Waals surface area contributed by atoms with Gasteiger partial charge in [-0.2, -0.15) is 9.97 Å². The van der Waals surface area contributed by atoms with E-state index in [4.69, 9.17) is 9.47 Å². The third-order valence-electron chi connectivity index (χ3n) is 2.79. The number of hydrogen-bond acceptors (Lipinski definition) is 7. The molecule has 0 radical (unpaired) electrons. The van der Waals surface area contributed by atoms with Gasteiger partial charge in [0.15, 0.2) is 0 Å². The second-order valence-electron chi connectivity index (χ2n) is 4.14. The SMILES string of the molecule is CNc1nc(OC)nc(Oc2ccc3cccnc3c2)n1. The number of fused-ring (bicyclic) bond motifs is 1. The van der Waals surface area contributed by atoms with E-state index in [1.807, 2.05) is 30.3 Å². The molecule has 0 aliphatic heterocycles. The van der Waals surface area contributed by atoms with Gasteiger partial charge < -0.3 is 14.8 Å². The first-order chi connectivity index (χ1) is 10.3. The van der Waals surface area contributed by atoms with E-state index in [2.05, 4.69) is 25.3 Å². The van der Waals surface area contributed by atoms with E-state index in [-0.39, 0.29) is 12.0 Å². The summed E-state index contributed by atoms with van der Waals surface area (Å²) in [7, 11) is 3.19. The molecule has 0 saturated carbocycles. The summed E-state index contributed by atoms with van der Waals surface area (Å²) < 4.78 is 10.7. The van der Waals surface area contributed by atoms with Crippen LogP contribution in [0.4, 0.5) is 5.95 Å². The molecule has 106 valence electrons. The Balaban J connectivity index is 1.94. The van der Waals surface area contributed by atoms with Crippen LogP contribution in [0.15, 0.2) is 36.5 Å². The molecule has 7 heteroatoms. The lowest BCUT2D eigenvalue weighted by Gasteiger charge is -2.07. The Morgan fingerprint density at radius 2 is 1.90 bits per heavy atom. The maximum atomic E-state index is 5.65. The number of nitrogens with zero attached hydrogens (tertiary/aromatic N) is 4. The smallest absolute Gasteiger partial charge is 0.330 e. The third-order valence-corrected chi connectivity index (χ3v) is 2.79. The van der Waals surface area contributed by atoms with E-state index >= 15 is 0 Å². The van der Waals surface area contributed by atoms with Crippen LogP contribution >= 0.6 is 0 Å². The molecule has 2 aromatic heterocycles. The Bertz CT molecular complexity index is 756. The van der Waals surface area contributed by atoms with Crippen molar-refractivity contribution in [3.05, 3.63) is 36.5 Å². The van der Waals surface area contributed by atoms with Crippen molar-refractivity contribution in [2.45, 2.75) is 0 Å². The summed E-state index contributed by atoms with van der Waals surface area (Å²) in [5, 5.41) is 3.86. The van der Waals surface area contributed by atoms with Crippen molar-refractivity contribution in [2.24, 2.45) is 0 Å². The number of anilines is 1. The largest absolute Gasteiger partial charge is 0.467 e.